The van der Waals surface area contributed by atoms with Crippen molar-refractivity contribution in [2.24, 2.45) is 0 Å². The molecule has 3 amide bonds. The number of urea groups is 1. The Hall–Kier alpha value is -2.73. The van der Waals surface area contributed by atoms with Gasteiger partial charge >= 0.3 is 6.03 Å². The molecule has 0 spiro atoms. The highest BCUT2D eigenvalue weighted by molar-refractivity contribution is 6.31. The molecule has 130 valence electrons. The zero-order valence-corrected chi connectivity index (χ0v) is 14.5. The Kier molecular flexibility index (Phi) is 5.09. The smallest absolute Gasteiger partial charge is 0.325 e. The molecule has 1 N–H and O–H groups in total. The Bertz CT molecular complexity index is 782. The average molecular weight is 360 g/mol. The average Bonchev–Trinajstić information content (AvgIpc) is 2.96. The van der Waals surface area contributed by atoms with Crippen LogP contribution in [-0.4, -0.2) is 43.6 Å². The van der Waals surface area contributed by atoms with Gasteiger partial charge in [0.25, 0.3) is 0 Å². The van der Waals surface area contributed by atoms with Gasteiger partial charge in [0, 0.05) is 23.8 Å². The van der Waals surface area contributed by atoms with Crippen molar-refractivity contribution in [3.8, 4) is 5.75 Å². The molecule has 0 radical (unpaired) electrons. The van der Waals surface area contributed by atoms with E-state index >= 15 is 0 Å². The number of hydrogen-bond donors (Lipinski definition) is 1. The third kappa shape index (κ3) is 3.85. The van der Waals surface area contributed by atoms with Crippen LogP contribution in [0.5, 0.6) is 5.75 Å². The first-order valence-corrected chi connectivity index (χ1v) is 8.21. The fourth-order valence-electron chi connectivity index (χ4n) is 2.72. The second-order valence-corrected chi connectivity index (χ2v) is 6.02. The van der Waals surface area contributed by atoms with Gasteiger partial charge in [-0.1, -0.05) is 29.8 Å². The predicted molar refractivity (Wildman–Crippen MR) is 97.4 cm³/mol. The van der Waals surface area contributed by atoms with E-state index in [0.717, 1.165) is 5.69 Å². The monoisotopic (exact) mass is 359 g/mol. The minimum atomic E-state index is -0.302. The van der Waals surface area contributed by atoms with E-state index in [1.807, 2.05) is 30.3 Å². The minimum absolute atomic E-state index is 0.0299. The molecule has 0 aliphatic carbocycles. The number of hydrogen-bond acceptors (Lipinski definition) is 3. The Morgan fingerprint density at radius 3 is 2.68 bits per heavy atom. The summed E-state index contributed by atoms with van der Waals surface area (Å²) >= 11 is 5.96. The number of nitrogens with zero attached hydrogens (tertiary/aromatic N) is 2. The van der Waals surface area contributed by atoms with Crippen LogP contribution in [0.15, 0.2) is 48.5 Å². The van der Waals surface area contributed by atoms with Crippen molar-refractivity contribution in [1.82, 2.24) is 4.90 Å². The fraction of sp³-hybridized carbons (Fsp3) is 0.222. The van der Waals surface area contributed by atoms with Gasteiger partial charge in [-0.2, -0.15) is 0 Å². The molecule has 0 bridgehead atoms. The molecule has 2 aromatic rings. The van der Waals surface area contributed by atoms with Crippen LogP contribution < -0.4 is 15.0 Å². The summed E-state index contributed by atoms with van der Waals surface area (Å²) in [6, 6.07) is 14.2. The van der Waals surface area contributed by atoms with E-state index in [1.54, 1.807) is 23.1 Å². The number of anilines is 2. The maximum absolute atomic E-state index is 12.5. The van der Waals surface area contributed by atoms with E-state index in [-0.39, 0.29) is 18.5 Å². The SMILES string of the molecule is COc1ccc(Cl)cc1NC(=O)CN1CCN(c2ccccc2)C1=O. The quantitative estimate of drug-likeness (QED) is 0.891. The Labute approximate surface area is 150 Å². The van der Waals surface area contributed by atoms with Crippen LogP contribution in [0.2, 0.25) is 5.02 Å². The summed E-state index contributed by atoms with van der Waals surface area (Å²) in [5.74, 6) is 0.209. The minimum Gasteiger partial charge on any atom is -0.495 e. The number of rotatable bonds is 5. The standard InChI is InChI=1S/C18H18ClN3O3/c1-25-16-8-7-13(19)11-15(16)20-17(23)12-21-9-10-22(18(21)24)14-5-3-2-4-6-14/h2-8,11H,9-10,12H2,1H3,(H,20,23). The lowest BCUT2D eigenvalue weighted by atomic mass is 10.3. The van der Waals surface area contributed by atoms with E-state index in [1.165, 1.54) is 12.0 Å². The molecule has 7 heteroatoms. The maximum Gasteiger partial charge on any atom is 0.325 e. The third-order valence-corrected chi connectivity index (χ3v) is 4.17. The number of nitrogens with one attached hydrogen (secondary N) is 1. The summed E-state index contributed by atoms with van der Waals surface area (Å²) in [5.41, 5.74) is 1.30. The normalized spacial score (nSPS) is 13.9. The van der Waals surface area contributed by atoms with Crippen LogP contribution in [-0.2, 0) is 4.79 Å². The molecule has 1 aliphatic rings. The van der Waals surface area contributed by atoms with Crippen LogP contribution in [0.3, 0.4) is 0 Å². The van der Waals surface area contributed by atoms with Gasteiger partial charge in [0.15, 0.2) is 0 Å². The Morgan fingerprint density at radius 1 is 1.20 bits per heavy atom. The highest BCUT2D eigenvalue weighted by atomic mass is 35.5. The van der Waals surface area contributed by atoms with Crippen molar-refractivity contribution in [3.63, 3.8) is 0 Å². The highest BCUT2D eigenvalue weighted by Crippen LogP contribution is 2.27. The van der Waals surface area contributed by atoms with Gasteiger partial charge < -0.3 is 15.0 Å². The molecular weight excluding hydrogens is 342 g/mol. The van der Waals surface area contributed by atoms with Crippen molar-refractivity contribution < 1.29 is 14.3 Å². The van der Waals surface area contributed by atoms with Crippen LogP contribution in [0.25, 0.3) is 0 Å². The predicted octanol–water partition coefficient (Wildman–Crippen LogP) is 3.23. The van der Waals surface area contributed by atoms with Gasteiger partial charge in [0.2, 0.25) is 5.91 Å². The first-order valence-electron chi connectivity index (χ1n) is 7.83. The number of ether oxygens (including phenoxy) is 1. The summed E-state index contributed by atoms with van der Waals surface area (Å²) in [7, 11) is 1.51. The summed E-state index contributed by atoms with van der Waals surface area (Å²) in [6.07, 6.45) is 0. The molecule has 0 unspecified atom stereocenters. The maximum atomic E-state index is 12.5. The number of carbonyl (C=O) groups is 2. The lowest BCUT2D eigenvalue weighted by molar-refractivity contribution is -0.116. The summed E-state index contributed by atoms with van der Waals surface area (Å²) in [5, 5.41) is 3.23. The van der Waals surface area contributed by atoms with E-state index in [2.05, 4.69) is 5.32 Å². The molecular formula is C18H18ClN3O3. The lowest BCUT2D eigenvalue weighted by Crippen LogP contribution is -2.37. The number of amides is 3. The summed E-state index contributed by atoms with van der Waals surface area (Å²) in [6.45, 7) is 1.02. The van der Waals surface area contributed by atoms with Crippen LogP contribution >= 0.6 is 11.6 Å². The molecule has 25 heavy (non-hydrogen) atoms. The number of carbonyl (C=O) groups excluding carboxylic acids is 2. The van der Waals surface area contributed by atoms with E-state index < -0.39 is 0 Å². The van der Waals surface area contributed by atoms with Crippen LogP contribution in [0, 0.1) is 0 Å². The van der Waals surface area contributed by atoms with Crippen molar-refractivity contribution in [2.45, 2.75) is 0 Å². The topological polar surface area (TPSA) is 61.9 Å². The first-order chi connectivity index (χ1) is 12.1. The van der Waals surface area contributed by atoms with Crippen LogP contribution in [0.4, 0.5) is 16.2 Å². The van der Waals surface area contributed by atoms with Gasteiger partial charge in [-0.05, 0) is 30.3 Å². The lowest BCUT2D eigenvalue weighted by Gasteiger charge is -2.18. The number of benzene rings is 2. The largest absolute Gasteiger partial charge is 0.495 e. The second-order valence-electron chi connectivity index (χ2n) is 5.58. The van der Waals surface area contributed by atoms with E-state index in [4.69, 9.17) is 16.3 Å². The van der Waals surface area contributed by atoms with E-state index in [0.29, 0.717) is 29.5 Å². The number of halogens is 1. The second kappa shape index (κ2) is 7.44. The van der Waals surface area contributed by atoms with Gasteiger partial charge in [-0.3, -0.25) is 9.69 Å². The van der Waals surface area contributed by atoms with Crippen molar-refractivity contribution >= 4 is 34.9 Å². The van der Waals surface area contributed by atoms with Gasteiger partial charge in [0.05, 0.1) is 12.8 Å². The molecule has 3 rings (SSSR count). The molecule has 0 saturated carbocycles. The first kappa shape index (κ1) is 17.1. The molecule has 1 heterocycles. The fourth-order valence-corrected chi connectivity index (χ4v) is 2.89. The van der Waals surface area contributed by atoms with E-state index in [9.17, 15) is 9.59 Å². The number of para-hydroxylation sites is 1. The molecule has 6 nitrogen and oxygen atoms in total. The third-order valence-electron chi connectivity index (χ3n) is 3.93. The van der Waals surface area contributed by atoms with Crippen molar-refractivity contribution in [1.29, 1.82) is 0 Å². The zero-order valence-electron chi connectivity index (χ0n) is 13.7. The molecule has 0 atom stereocenters. The highest BCUT2D eigenvalue weighted by Gasteiger charge is 2.30. The van der Waals surface area contributed by atoms with Crippen molar-refractivity contribution in [2.75, 3.05) is 37.0 Å². The molecule has 1 fully saturated rings. The van der Waals surface area contributed by atoms with Crippen LogP contribution in [0.1, 0.15) is 0 Å². The van der Waals surface area contributed by atoms with Gasteiger partial charge in [0.1, 0.15) is 12.3 Å². The zero-order chi connectivity index (χ0) is 17.8. The Morgan fingerprint density at radius 2 is 1.96 bits per heavy atom. The molecule has 1 aliphatic heterocycles. The number of methoxy groups -OCH3 is 1. The molecule has 1 saturated heterocycles. The molecule has 2 aromatic carbocycles. The van der Waals surface area contributed by atoms with Gasteiger partial charge in [-0.25, -0.2) is 4.79 Å². The summed E-state index contributed by atoms with van der Waals surface area (Å²) < 4.78 is 5.21. The molecule has 0 aromatic heterocycles. The van der Waals surface area contributed by atoms with Crippen molar-refractivity contribution in [3.05, 3.63) is 53.6 Å². The Balaban J connectivity index is 1.64. The summed E-state index contributed by atoms with van der Waals surface area (Å²) in [4.78, 5) is 28.0. The van der Waals surface area contributed by atoms with Gasteiger partial charge in [-0.15, -0.1) is 0 Å².